The van der Waals surface area contributed by atoms with E-state index in [1.54, 1.807) is 0 Å². The van der Waals surface area contributed by atoms with Crippen molar-refractivity contribution in [3.8, 4) is 0 Å². The minimum Gasteiger partial charge on any atom is -0.362 e. The zero-order valence-corrected chi connectivity index (χ0v) is 9.27. The van der Waals surface area contributed by atoms with E-state index in [1.807, 2.05) is 0 Å². The predicted octanol–water partition coefficient (Wildman–Crippen LogP) is 1.84. The van der Waals surface area contributed by atoms with Gasteiger partial charge < -0.3 is 10.1 Å². The second-order valence-electron chi connectivity index (χ2n) is 3.73. The number of amides is 1. The smallest absolute Gasteiger partial charge is 0.362 e. The van der Waals surface area contributed by atoms with Crippen LogP contribution in [0.3, 0.4) is 0 Å². The van der Waals surface area contributed by atoms with Crippen LogP contribution in [0.4, 0.5) is 13.2 Å². The van der Waals surface area contributed by atoms with Crippen molar-refractivity contribution >= 4 is 17.5 Å². The summed E-state index contributed by atoms with van der Waals surface area (Å²) in [5, 5.41) is 2.42. The number of carbonyl (C=O) groups excluding carboxylic acids is 1. The van der Waals surface area contributed by atoms with E-state index in [0.29, 0.717) is 0 Å². The van der Waals surface area contributed by atoms with Crippen LogP contribution in [-0.4, -0.2) is 36.7 Å². The Bertz CT molecular complexity index is 247. The van der Waals surface area contributed by atoms with Gasteiger partial charge in [0.2, 0.25) is 5.91 Å². The normalized spacial score (nSPS) is 25.8. The molecule has 0 spiro atoms. The SMILES string of the molecule is O=C(COCC(F)(F)F)NC1CCCC1Cl. The molecule has 0 aliphatic heterocycles. The molecule has 1 amide bonds. The van der Waals surface area contributed by atoms with E-state index in [9.17, 15) is 18.0 Å². The summed E-state index contributed by atoms with van der Waals surface area (Å²) in [6, 6.07) is -0.149. The number of alkyl halides is 4. The summed E-state index contributed by atoms with van der Waals surface area (Å²) < 4.78 is 39.3. The van der Waals surface area contributed by atoms with Crippen LogP contribution in [0.15, 0.2) is 0 Å². The van der Waals surface area contributed by atoms with Crippen LogP contribution < -0.4 is 5.32 Å². The second kappa shape index (κ2) is 5.72. The van der Waals surface area contributed by atoms with E-state index >= 15 is 0 Å². The van der Waals surface area contributed by atoms with Crippen molar-refractivity contribution < 1.29 is 22.7 Å². The highest BCUT2D eigenvalue weighted by atomic mass is 35.5. The molecule has 1 N–H and O–H groups in total. The van der Waals surface area contributed by atoms with E-state index in [4.69, 9.17) is 11.6 Å². The van der Waals surface area contributed by atoms with Crippen LogP contribution in [-0.2, 0) is 9.53 Å². The van der Waals surface area contributed by atoms with Gasteiger partial charge in [0, 0.05) is 6.04 Å². The zero-order chi connectivity index (χ0) is 12.2. The lowest BCUT2D eigenvalue weighted by Gasteiger charge is -2.16. The monoisotopic (exact) mass is 259 g/mol. The summed E-state index contributed by atoms with van der Waals surface area (Å²) in [6.45, 7) is -1.99. The third-order valence-electron chi connectivity index (χ3n) is 2.28. The van der Waals surface area contributed by atoms with Crippen molar-refractivity contribution in [3.05, 3.63) is 0 Å². The standard InChI is InChI=1S/C9H13ClF3NO2/c10-6-2-1-3-7(6)14-8(15)4-16-5-9(11,12)13/h6-7H,1-5H2,(H,14,15). The molecule has 0 bridgehead atoms. The number of carbonyl (C=O) groups is 1. The van der Waals surface area contributed by atoms with Crippen LogP contribution >= 0.6 is 11.6 Å². The molecule has 7 heteroatoms. The van der Waals surface area contributed by atoms with Crippen molar-refractivity contribution in [1.29, 1.82) is 0 Å². The number of hydrogen-bond donors (Lipinski definition) is 1. The van der Waals surface area contributed by atoms with Crippen molar-refractivity contribution in [3.63, 3.8) is 0 Å². The molecule has 1 aliphatic carbocycles. The van der Waals surface area contributed by atoms with Crippen LogP contribution in [0.5, 0.6) is 0 Å². The molecule has 1 rings (SSSR count). The number of ether oxygens (including phenoxy) is 1. The first-order valence-electron chi connectivity index (χ1n) is 4.96. The van der Waals surface area contributed by atoms with Gasteiger partial charge in [-0.1, -0.05) is 0 Å². The highest BCUT2D eigenvalue weighted by molar-refractivity contribution is 6.21. The maximum Gasteiger partial charge on any atom is 0.411 e. The van der Waals surface area contributed by atoms with E-state index in [0.717, 1.165) is 19.3 Å². The van der Waals surface area contributed by atoms with Gasteiger partial charge in [-0.3, -0.25) is 4.79 Å². The van der Waals surface area contributed by atoms with Gasteiger partial charge in [-0.2, -0.15) is 13.2 Å². The second-order valence-corrected chi connectivity index (χ2v) is 4.29. The number of halogens is 4. The Balaban J connectivity index is 2.16. The minimum atomic E-state index is -4.40. The van der Waals surface area contributed by atoms with E-state index in [2.05, 4.69) is 10.1 Å². The molecule has 0 heterocycles. The maximum absolute atomic E-state index is 11.7. The molecule has 2 unspecified atom stereocenters. The van der Waals surface area contributed by atoms with Gasteiger partial charge in [-0.15, -0.1) is 11.6 Å². The van der Waals surface area contributed by atoms with Crippen LogP contribution in [0.2, 0.25) is 0 Å². The molecule has 0 aromatic rings. The Morgan fingerprint density at radius 3 is 2.62 bits per heavy atom. The lowest BCUT2D eigenvalue weighted by Crippen LogP contribution is -2.40. The summed E-state index contributed by atoms with van der Waals surface area (Å²) in [5.41, 5.74) is 0. The van der Waals surface area contributed by atoms with Gasteiger partial charge in [-0.25, -0.2) is 0 Å². The lowest BCUT2D eigenvalue weighted by atomic mass is 10.2. The molecule has 0 radical (unpaired) electrons. The molecule has 0 saturated heterocycles. The van der Waals surface area contributed by atoms with Crippen LogP contribution in [0, 0.1) is 0 Å². The fraction of sp³-hybridized carbons (Fsp3) is 0.889. The van der Waals surface area contributed by atoms with Gasteiger partial charge in [-0.05, 0) is 19.3 Å². The Morgan fingerprint density at radius 2 is 2.12 bits per heavy atom. The summed E-state index contributed by atoms with van der Waals surface area (Å²) in [4.78, 5) is 11.2. The quantitative estimate of drug-likeness (QED) is 0.783. The first-order valence-corrected chi connectivity index (χ1v) is 5.40. The molecule has 0 aromatic carbocycles. The van der Waals surface area contributed by atoms with Crippen molar-refractivity contribution in [1.82, 2.24) is 5.32 Å². The molecule has 1 saturated carbocycles. The van der Waals surface area contributed by atoms with E-state index < -0.39 is 25.3 Å². The van der Waals surface area contributed by atoms with Gasteiger partial charge in [0.1, 0.15) is 13.2 Å². The Hall–Kier alpha value is -0.490. The molecule has 2 atom stereocenters. The van der Waals surface area contributed by atoms with E-state index in [1.165, 1.54) is 0 Å². The Kier molecular flexibility index (Phi) is 4.86. The number of rotatable bonds is 4. The van der Waals surface area contributed by atoms with Crippen molar-refractivity contribution in [2.45, 2.75) is 36.9 Å². The number of hydrogen-bond acceptors (Lipinski definition) is 2. The third kappa shape index (κ3) is 5.03. The summed E-state index contributed by atoms with van der Waals surface area (Å²) >= 11 is 5.89. The Morgan fingerprint density at radius 1 is 1.44 bits per heavy atom. The maximum atomic E-state index is 11.7. The first-order chi connectivity index (χ1) is 7.38. The van der Waals surface area contributed by atoms with Crippen LogP contribution in [0.1, 0.15) is 19.3 Å². The van der Waals surface area contributed by atoms with Crippen LogP contribution in [0.25, 0.3) is 0 Å². The average molecular weight is 260 g/mol. The Labute approximate surface area is 96.3 Å². The van der Waals surface area contributed by atoms with Gasteiger partial charge >= 0.3 is 6.18 Å². The molecule has 16 heavy (non-hydrogen) atoms. The highest BCUT2D eigenvalue weighted by Gasteiger charge is 2.29. The first kappa shape index (κ1) is 13.6. The number of nitrogens with one attached hydrogen (secondary N) is 1. The molecular formula is C9H13ClF3NO2. The summed E-state index contributed by atoms with van der Waals surface area (Å²) in [7, 11) is 0. The molecule has 0 aromatic heterocycles. The molecule has 3 nitrogen and oxygen atoms in total. The molecule has 1 aliphatic rings. The van der Waals surface area contributed by atoms with Crippen molar-refractivity contribution in [2.24, 2.45) is 0 Å². The molecule has 94 valence electrons. The third-order valence-corrected chi connectivity index (χ3v) is 2.80. The largest absolute Gasteiger partial charge is 0.411 e. The van der Waals surface area contributed by atoms with Gasteiger partial charge in [0.25, 0.3) is 0 Å². The predicted molar refractivity (Wildman–Crippen MR) is 52.3 cm³/mol. The zero-order valence-electron chi connectivity index (χ0n) is 8.52. The van der Waals surface area contributed by atoms with Crippen molar-refractivity contribution in [2.75, 3.05) is 13.2 Å². The topological polar surface area (TPSA) is 38.3 Å². The molecular weight excluding hydrogens is 247 g/mol. The average Bonchev–Trinajstić information content (AvgIpc) is 2.49. The van der Waals surface area contributed by atoms with Gasteiger partial charge in [0.15, 0.2) is 0 Å². The van der Waals surface area contributed by atoms with E-state index in [-0.39, 0.29) is 11.4 Å². The molecule has 1 fully saturated rings. The summed E-state index contributed by atoms with van der Waals surface area (Å²) in [6.07, 6.45) is -1.90. The minimum absolute atomic E-state index is 0.133. The summed E-state index contributed by atoms with van der Waals surface area (Å²) in [5.74, 6) is -0.554. The highest BCUT2D eigenvalue weighted by Crippen LogP contribution is 2.23. The van der Waals surface area contributed by atoms with Gasteiger partial charge in [0.05, 0.1) is 5.38 Å². The fourth-order valence-electron chi connectivity index (χ4n) is 1.59. The lowest BCUT2D eigenvalue weighted by molar-refractivity contribution is -0.175. The fourth-order valence-corrected chi connectivity index (χ4v) is 1.93.